The summed E-state index contributed by atoms with van der Waals surface area (Å²) in [5.74, 6) is 1.52. The number of piperazine rings is 1. The van der Waals surface area contributed by atoms with Crippen molar-refractivity contribution in [3.05, 3.63) is 69.8 Å². The minimum absolute atomic E-state index is 0.0956. The molecule has 0 atom stereocenters. The highest BCUT2D eigenvalue weighted by atomic mass is 32.2. The molecule has 1 fully saturated rings. The summed E-state index contributed by atoms with van der Waals surface area (Å²) in [7, 11) is 0. The Balaban J connectivity index is 1.45. The number of hydrogen-bond donors (Lipinski definition) is 0. The van der Waals surface area contributed by atoms with Crippen LogP contribution in [0, 0.1) is 17.0 Å². The molecular formula is C20H23N3O3S. The minimum atomic E-state index is -0.394. The minimum Gasteiger partial charge on any atom is -0.368 e. The number of benzene rings is 2. The molecule has 1 aliphatic heterocycles. The monoisotopic (exact) mass is 385 g/mol. The quantitative estimate of drug-likeness (QED) is 0.563. The van der Waals surface area contributed by atoms with Gasteiger partial charge in [0.05, 0.1) is 10.7 Å². The molecule has 0 radical (unpaired) electrons. The summed E-state index contributed by atoms with van der Waals surface area (Å²) in [6.07, 6.45) is 0. The van der Waals surface area contributed by atoms with Gasteiger partial charge in [-0.25, -0.2) is 0 Å². The molecule has 6 nitrogen and oxygen atoms in total. The fraction of sp³-hybridized carbons (Fsp3) is 0.350. The van der Waals surface area contributed by atoms with Crippen LogP contribution in [0.4, 0.5) is 11.4 Å². The van der Waals surface area contributed by atoms with Crippen molar-refractivity contribution in [2.24, 2.45) is 0 Å². The van der Waals surface area contributed by atoms with E-state index in [-0.39, 0.29) is 11.6 Å². The highest BCUT2D eigenvalue weighted by Crippen LogP contribution is 2.21. The van der Waals surface area contributed by atoms with Crippen LogP contribution in [-0.2, 0) is 10.5 Å². The number of nitro groups is 1. The molecule has 1 aliphatic rings. The first kappa shape index (κ1) is 19.2. The Kier molecular flexibility index (Phi) is 6.34. The number of amides is 1. The smallest absolute Gasteiger partial charge is 0.269 e. The fourth-order valence-electron chi connectivity index (χ4n) is 3.11. The summed E-state index contributed by atoms with van der Waals surface area (Å²) < 4.78 is 0. The molecule has 142 valence electrons. The van der Waals surface area contributed by atoms with Gasteiger partial charge in [-0.05, 0) is 30.2 Å². The maximum Gasteiger partial charge on any atom is 0.269 e. The first-order valence-electron chi connectivity index (χ1n) is 8.94. The first-order chi connectivity index (χ1) is 13.0. The van der Waals surface area contributed by atoms with Gasteiger partial charge in [-0.3, -0.25) is 14.9 Å². The number of nitro benzene ring substituents is 1. The molecule has 27 heavy (non-hydrogen) atoms. The molecule has 0 saturated carbocycles. The normalized spacial score (nSPS) is 14.3. The lowest BCUT2D eigenvalue weighted by Gasteiger charge is -2.36. The van der Waals surface area contributed by atoms with Gasteiger partial charge < -0.3 is 9.80 Å². The van der Waals surface area contributed by atoms with Gasteiger partial charge in [0.25, 0.3) is 5.69 Å². The van der Waals surface area contributed by atoms with Crippen LogP contribution in [0.1, 0.15) is 11.1 Å². The molecule has 0 N–H and O–H groups in total. The third-order valence-corrected chi connectivity index (χ3v) is 5.77. The summed E-state index contributed by atoms with van der Waals surface area (Å²) in [6.45, 7) is 4.94. The third-order valence-electron chi connectivity index (χ3n) is 4.80. The molecule has 1 amide bonds. The maximum absolute atomic E-state index is 12.4. The fourth-order valence-corrected chi connectivity index (χ4v) is 4.11. The zero-order chi connectivity index (χ0) is 19.2. The van der Waals surface area contributed by atoms with Crippen molar-refractivity contribution in [2.45, 2.75) is 12.7 Å². The molecule has 1 heterocycles. The van der Waals surface area contributed by atoms with Crippen molar-refractivity contribution in [3.63, 3.8) is 0 Å². The molecule has 0 bridgehead atoms. The first-order valence-corrected chi connectivity index (χ1v) is 10.1. The van der Waals surface area contributed by atoms with Crippen molar-refractivity contribution >= 4 is 29.0 Å². The van der Waals surface area contributed by atoms with Crippen LogP contribution in [0.15, 0.2) is 48.5 Å². The average molecular weight is 385 g/mol. The lowest BCUT2D eigenvalue weighted by atomic mass is 10.1. The van der Waals surface area contributed by atoms with Gasteiger partial charge in [0, 0.05) is 49.8 Å². The largest absolute Gasteiger partial charge is 0.368 e. The van der Waals surface area contributed by atoms with Gasteiger partial charge in [0.1, 0.15) is 0 Å². The van der Waals surface area contributed by atoms with E-state index >= 15 is 0 Å². The molecule has 2 aromatic rings. The molecule has 0 aliphatic carbocycles. The van der Waals surface area contributed by atoms with E-state index in [1.807, 2.05) is 17.0 Å². The Hall–Kier alpha value is -2.54. The van der Waals surface area contributed by atoms with Crippen molar-refractivity contribution < 1.29 is 9.72 Å². The molecule has 7 heteroatoms. The zero-order valence-electron chi connectivity index (χ0n) is 15.3. The Morgan fingerprint density at radius 2 is 1.74 bits per heavy atom. The Morgan fingerprint density at radius 1 is 1.07 bits per heavy atom. The van der Waals surface area contributed by atoms with Gasteiger partial charge >= 0.3 is 0 Å². The summed E-state index contributed by atoms with van der Waals surface area (Å²) in [6, 6.07) is 14.8. The maximum atomic E-state index is 12.4. The Labute approximate surface area is 163 Å². The van der Waals surface area contributed by atoms with Crippen LogP contribution in [0.2, 0.25) is 0 Å². The number of carbonyl (C=O) groups excluding carboxylic acids is 1. The van der Waals surface area contributed by atoms with Crippen LogP contribution >= 0.6 is 11.8 Å². The van der Waals surface area contributed by atoms with E-state index in [9.17, 15) is 14.9 Å². The van der Waals surface area contributed by atoms with E-state index in [0.29, 0.717) is 18.8 Å². The summed E-state index contributed by atoms with van der Waals surface area (Å²) in [5, 5.41) is 10.7. The summed E-state index contributed by atoms with van der Waals surface area (Å²) in [5.41, 5.74) is 3.59. The van der Waals surface area contributed by atoms with Crippen LogP contribution in [0.5, 0.6) is 0 Å². The van der Waals surface area contributed by atoms with Crippen molar-refractivity contribution in [1.82, 2.24) is 4.90 Å². The predicted octanol–water partition coefficient (Wildman–Crippen LogP) is 3.49. The summed E-state index contributed by atoms with van der Waals surface area (Å²) in [4.78, 5) is 26.9. The van der Waals surface area contributed by atoms with Gasteiger partial charge in [-0.1, -0.05) is 24.3 Å². The van der Waals surface area contributed by atoms with E-state index in [1.54, 1.807) is 23.9 Å². The number of rotatable bonds is 6. The number of thioether (sulfide) groups is 1. The van der Waals surface area contributed by atoms with Gasteiger partial charge in [-0.15, -0.1) is 11.8 Å². The standard InChI is InChI=1S/C20H23N3O3S/c1-16-4-2-3-5-17(16)14-27-15-20(24)22-12-10-21(11-13-22)18-6-8-19(9-7-18)23(25)26/h2-9H,10-15H2,1H3. The lowest BCUT2D eigenvalue weighted by molar-refractivity contribution is -0.384. The topological polar surface area (TPSA) is 66.7 Å². The van der Waals surface area contributed by atoms with Gasteiger partial charge in [0.2, 0.25) is 5.91 Å². The van der Waals surface area contributed by atoms with Gasteiger partial charge in [-0.2, -0.15) is 0 Å². The molecule has 0 spiro atoms. The molecule has 1 saturated heterocycles. The summed E-state index contributed by atoms with van der Waals surface area (Å²) >= 11 is 1.66. The van der Waals surface area contributed by atoms with Crippen molar-refractivity contribution in [2.75, 3.05) is 36.8 Å². The Bertz CT molecular complexity index is 802. The lowest BCUT2D eigenvalue weighted by Crippen LogP contribution is -2.49. The second-order valence-electron chi connectivity index (χ2n) is 6.56. The van der Waals surface area contributed by atoms with E-state index < -0.39 is 4.92 Å². The molecule has 0 aromatic heterocycles. The predicted molar refractivity (Wildman–Crippen MR) is 109 cm³/mol. The average Bonchev–Trinajstić information content (AvgIpc) is 2.69. The number of nitrogens with zero attached hydrogens (tertiary/aromatic N) is 3. The molecule has 0 unspecified atom stereocenters. The third kappa shape index (κ3) is 5.01. The number of aryl methyl sites for hydroxylation is 1. The highest BCUT2D eigenvalue weighted by Gasteiger charge is 2.21. The van der Waals surface area contributed by atoms with E-state index in [0.717, 1.165) is 24.5 Å². The van der Waals surface area contributed by atoms with Crippen molar-refractivity contribution in [3.8, 4) is 0 Å². The van der Waals surface area contributed by atoms with Crippen LogP contribution in [0.3, 0.4) is 0 Å². The number of anilines is 1. The highest BCUT2D eigenvalue weighted by molar-refractivity contribution is 7.99. The van der Waals surface area contributed by atoms with Crippen LogP contribution in [0.25, 0.3) is 0 Å². The van der Waals surface area contributed by atoms with E-state index in [2.05, 4.69) is 24.0 Å². The number of carbonyl (C=O) groups is 1. The van der Waals surface area contributed by atoms with Crippen LogP contribution in [-0.4, -0.2) is 47.7 Å². The SMILES string of the molecule is Cc1ccccc1CSCC(=O)N1CCN(c2ccc([N+](=O)[O-])cc2)CC1. The molecule has 2 aromatic carbocycles. The van der Waals surface area contributed by atoms with E-state index in [4.69, 9.17) is 0 Å². The van der Waals surface area contributed by atoms with Gasteiger partial charge in [0.15, 0.2) is 0 Å². The Morgan fingerprint density at radius 3 is 2.37 bits per heavy atom. The molecule has 3 rings (SSSR count). The van der Waals surface area contributed by atoms with Crippen LogP contribution < -0.4 is 4.90 Å². The zero-order valence-corrected chi connectivity index (χ0v) is 16.2. The van der Waals surface area contributed by atoms with E-state index in [1.165, 1.54) is 23.3 Å². The molecular weight excluding hydrogens is 362 g/mol. The van der Waals surface area contributed by atoms with Crippen molar-refractivity contribution in [1.29, 1.82) is 0 Å². The second kappa shape index (κ2) is 8.90. The number of non-ortho nitro benzene ring substituents is 1. The number of hydrogen-bond acceptors (Lipinski definition) is 5. The second-order valence-corrected chi connectivity index (χ2v) is 7.55.